The Labute approximate surface area is 266 Å². The van der Waals surface area contributed by atoms with E-state index in [9.17, 15) is 9.18 Å². The molecule has 1 amide bonds. The van der Waals surface area contributed by atoms with Gasteiger partial charge in [0.15, 0.2) is 17.5 Å². The first kappa shape index (κ1) is 30.4. The van der Waals surface area contributed by atoms with Gasteiger partial charge in [0.1, 0.15) is 12.1 Å². The standard InChI is InChI=1S/C36H34FN7O2/c1-25(45)39-33-30-23-29(40-34-31(37)24-38-35(41-34)46-22-21-43(2)3)19-20-32(30)44(42-33)36(26-13-7-4-8-14-26,27-15-9-5-10-16-27)28-17-11-6-12-18-28/h4-20,23-24H,21-22H2,1-3H3,(H,38,40,41)(H,39,42,45). The molecule has 6 aromatic rings. The minimum absolute atomic E-state index is 0.0325. The van der Waals surface area contributed by atoms with Crippen molar-refractivity contribution in [3.63, 3.8) is 0 Å². The highest BCUT2D eigenvalue weighted by molar-refractivity contribution is 6.00. The van der Waals surface area contributed by atoms with Crippen LogP contribution < -0.4 is 15.4 Å². The number of carbonyl (C=O) groups excluding carboxylic acids is 1. The molecule has 2 N–H and O–H groups in total. The van der Waals surface area contributed by atoms with Crippen molar-refractivity contribution in [1.82, 2.24) is 24.6 Å². The topological polar surface area (TPSA) is 97.2 Å². The highest BCUT2D eigenvalue weighted by Gasteiger charge is 2.41. The number of carbonyl (C=O) groups is 1. The van der Waals surface area contributed by atoms with Gasteiger partial charge in [-0.3, -0.25) is 4.79 Å². The molecule has 232 valence electrons. The van der Waals surface area contributed by atoms with Crippen molar-refractivity contribution in [3.8, 4) is 6.01 Å². The van der Waals surface area contributed by atoms with Crippen LogP contribution in [-0.4, -0.2) is 57.8 Å². The van der Waals surface area contributed by atoms with Crippen LogP contribution in [0.3, 0.4) is 0 Å². The zero-order chi connectivity index (χ0) is 32.1. The average Bonchev–Trinajstić information content (AvgIpc) is 3.41. The first-order valence-electron chi connectivity index (χ1n) is 14.9. The number of ether oxygens (including phenoxy) is 1. The Morgan fingerprint density at radius 1 is 0.870 bits per heavy atom. The van der Waals surface area contributed by atoms with Crippen molar-refractivity contribution in [2.24, 2.45) is 0 Å². The molecule has 2 aromatic heterocycles. The van der Waals surface area contributed by atoms with E-state index in [1.165, 1.54) is 6.92 Å². The highest BCUT2D eigenvalue weighted by atomic mass is 19.1. The molecule has 0 aliphatic rings. The Hall–Kier alpha value is -5.61. The van der Waals surface area contributed by atoms with E-state index < -0.39 is 11.4 Å². The van der Waals surface area contributed by atoms with Crippen molar-refractivity contribution < 1.29 is 13.9 Å². The van der Waals surface area contributed by atoms with E-state index in [0.29, 0.717) is 30.0 Å². The maximum Gasteiger partial charge on any atom is 0.318 e. The summed E-state index contributed by atoms with van der Waals surface area (Å²) in [7, 11) is 3.86. The van der Waals surface area contributed by atoms with Gasteiger partial charge in [-0.2, -0.15) is 10.1 Å². The van der Waals surface area contributed by atoms with Gasteiger partial charge in [0.25, 0.3) is 0 Å². The molecular weight excluding hydrogens is 581 g/mol. The lowest BCUT2D eigenvalue weighted by Gasteiger charge is -2.37. The van der Waals surface area contributed by atoms with Crippen LogP contribution in [0.1, 0.15) is 23.6 Å². The maximum absolute atomic E-state index is 14.9. The van der Waals surface area contributed by atoms with Crippen LogP contribution in [-0.2, 0) is 10.3 Å². The van der Waals surface area contributed by atoms with E-state index in [1.807, 2.05) is 96.5 Å². The van der Waals surface area contributed by atoms with Crippen molar-refractivity contribution >= 4 is 34.1 Å². The number of hydrogen-bond donors (Lipinski definition) is 2. The Balaban J connectivity index is 1.53. The summed E-state index contributed by atoms with van der Waals surface area (Å²) >= 11 is 0. The van der Waals surface area contributed by atoms with Crippen LogP contribution in [0.4, 0.5) is 21.7 Å². The lowest BCUT2D eigenvalue weighted by atomic mass is 9.77. The van der Waals surface area contributed by atoms with Gasteiger partial charge in [-0.15, -0.1) is 0 Å². The molecule has 0 radical (unpaired) electrons. The SMILES string of the molecule is CC(=O)Nc1nn(C(c2ccccc2)(c2ccccc2)c2ccccc2)c2ccc(Nc3nc(OCCN(C)C)ncc3F)cc12. The van der Waals surface area contributed by atoms with E-state index in [4.69, 9.17) is 9.84 Å². The van der Waals surface area contributed by atoms with E-state index >= 15 is 0 Å². The van der Waals surface area contributed by atoms with Crippen LogP contribution in [0.5, 0.6) is 6.01 Å². The molecule has 0 bridgehead atoms. The molecule has 0 aliphatic carbocycles. The summed E-state index contributed by atoms with van der Waals surface area (Å²) < 4.78 is 22.4. The number of anilines is 3. The zero-order valence-corrected chi connectivity index (χ0v) is 25.8. The van der Waals surface area contributed by atoms with Crippen molar-refractivity contribution in [2.45, 2.75) is 12.5 Å². The smallest absolute Gasteiger partial charge is 0.318 e. The summed E-state index contributed by atoms with van der Waals surface area (Å²) in [6.45, 7) is 2.46. The lowest BCUT2D eigenvalue weighted by Crippen LogP contribution is -2.38. The minimum atomic E-state index is -0.911. The Bertz CT molecular complexity index is 1850. The number of amides is 1. The van der Waals surface area contributed by atoms with Gasteiger partial charge >= 0.3 is 6.01 Å². The fraction of sp³-hybridized carbons (Fsp3) is 0.167. The first-order valence-corrected chi connectivity index (χ1v) is 14.9. The number of hydrogen-bond acceptors (Lipinski definition) is 7. The van der Waals surface area contributed by atoms with Gasteiger partial charge in [-0.05, 0) is 49.0 Å². The summed E-state index contributed by atoms with van der Waals surface area (Å²) in [4.78, 5) is 22.6. The third kappa shape index (κ3) is 6.02. The summed E-state index contributed by atoms with van der Waals surface area (Å²) in [6, 6.07) is 36.1. The Morgan fingerprint density at radius 3 is 2.00 bits per heavy atom. The van der Waals surface area contributed by atoms with Crippen LogP contribution in [0.25, 0.3) is 10.9 Å². The molecule has 0 saturated heterocycles. The average molecular weight is 616 g/mol. The van der Waals surface area contributed by atoms with Crippen LogP contribution in [0, 0.1) is 5.82 Å². The Kier molecular flexibility index (Phi) is 8.71. The van der Waals surface area contributed by atoms with Gasteiger partial charge in [0.2, 0.25) is 5.91 Å². The van der Waals surface area contributed by atoms with Crippen LogP contribution >= 0.6 is 0 Å². The zero-order valence-electron chi connectivity index (χ0n) is 25.8. The monoisotopic (exact) mass is 615 g/mol. The molecular formula is C36H34FN7O2. The summed E-state index contributed by atoms with van der Waals surface area (Å²) in [5.74, 6) is -0.561. The molecule has 46 heavy (non-hydrogen) atoms. The fourth-order valence-corrected chi connectivity index (χ4v) is 5.58. The number of rotatable bonds is 11. The quantitative estimate of drug-likeness (QED) is 0.162. The predicted octanol–water partition coefficient (Wildman–Crippen LogP) is 6.45. The van der Waals surface area contributed by atoms with E-state index in [2.05, 4.69) is 57.0 Å². The summed E-state index contributed by atoms with van der Waals surface area (Å²) in [5, 5.41) is 11.7. The molecule has 0 saturated carbocycles. The number of fused-ring (bicyclic) bond motifs is 1. The molecule has 0 aliphatic heterocycles. The van der Waals surface area contributed by atoms with Gasteiger partial charge in [-0.25, -0.2) is 14.1 Å². The van der Waals surface area contributed by atoms with Crippen LogP contribution in [0.2, 0.25) is 0 Å². The van der Waals surface area contributed by atoms with Gasteiger partial charge in [0.05, 0.1) is 11.7 Å². The molecule has 6 rings (SSSR count). The molecule has 0 fully saturated rings. The number of aromatic nitrogens is 4. The third-order valence-corrected chi connectivity index (χ3v) is 7.62. The molecule has 10 heteroatoms. The van der Waals surface area contributed by atoms with Crippen molar-refractivity contribution in [2.75, 3.05) is 37.9 Å². The van der Waals surface area contributed by atoms with Gasteiger partial charge in [0, 0.05) is 24.5 Å². The second kappa shape index (κ2) is 13.2. The number of nitrogens with zero attached hydrogens (tertiary/aromatic N) is 5. The van der Waals surface area contributed by atoms with Crippen molar-refractivity contribution in [1.29, 1.82) is 0 Å². The number of benzene rings is 4. The summed E-state index contributed by atoms with van der Waals surface area (Å²) in [5.41, 5.74) is 3.34. The van der Waals surface area contributed by atoms with Gasteiger partial charge < -0.3 is 20.3 Å². The number of likely N-dealkylation sites (N-methyl/N-ethyl adjacent to an activating group) is 1. The molecule has 9 nitrogen and oxygen atoms in total. The second-order valence-corrected chi connectivity index (χ2v) is 11.1. The normalized spacial score (nSPS) is 11.5. The predicted molar refractivity (Wildman–Crippen MR) is 178 cm³/mol. The fourth-order valence-electron chi connectivity index (χ4n) is 5.58. The number of nitrogens with one attached hydrogen (secondary N) is 2. The molecule has 4 aromatic carbocycles. The summed E-state index contributed by atoms with van der Waals surface area (Å²) in [6.07, 6.45) is 1.08. The first-order chi connectivity index (χ1) is 22.4. The molecule has 0 unspecified atom stereocenters. The molecule has 2 heterocycles. The maximum atomic E-state index is 14.9. The van der Waals surface area contributed by atoms with Crippen molar-refractivity contribution in [3.05, 3.63) is 138 Å². The minimum Gasteiger partial charge on any atom is -0.462 e. The van der Waals surface area contributed by atoms with E-state index in [0.717, 1.165) is 28.4 Å². The van der Waals surface area contributed by atoms with Crippen LogP contribution in [0.15, 0.2) is 115 Å². The highest BCUT2D eigenvalue weighted by Crippen LogP contribution is 2.43. The van der Waals surface area contributed by atoms with E-state index in [-0.39, 0.29) is 17.7 Å². The number of halogens is 1. The molecule has 0 atom stereocenters. The largest absolute Gasteiger partial charge is 0.462 e. The lowest BCUT2D eigenvalue weighted by molar-refractivity contribution is -0.114. The third-order valence-electron chi connectivity index (χ3n) is 7.62. The molecule has 0 spiro atoms. The second-order valence-electron chi connectivity index (χ2n) is 11.1. The van der Waals surface area contributed by atoms with Gasteiger partial charge in [-0.1, -0.05) is 91.0 Å². The Morgan fingerprint density at radius 2 is 1.46 bits per heavy atom. The van der Waals surface area contributed by atoms with E-state index in [1.54, 1.807) is 0 Å².